The predicted octanol–water partition coefficient (Wildman–Crippen LogP) is 3.74. The Morgan fingerprint density at radius 1 is 1.04 bits per heavy atom. The Morgan fingerprint density at radius 2 is 1.76 bits per heavy atom. The number of rotatable bonds is 16. The topological polar surface area (TPSA) is 159 Å². The minimum atomic E-state index is -1.33. The van der Waals surface area contributed by atoms with Crippen LogP contribution in [0.15, 0.2) is 30.3 Å². The van der Waals surface area contributed by atoms with Crippen LogP contribution in [0.5, 0.6) is 0 Å². The van der Waals surface area contributed by atoms with Gasteiger partial charge in [0.2, 0.25) is 12.0 Å². The van der Waals surface area contributed by atoms with Crippen LogP contribution in [-0.4, -0.2) is 96.1 Å². The molecule has 1 saturated carbocycles. The smallest absolute Gasteiger partial charge is 0.348 e. The fraction of sp³-hybridized carbons (Fsp3) is 0.684. The molecule has 2 bridgehead atoms. The Kier molecular flexibility index (Phi) is 11.2. The first-order valence-electron chi connectivity index (χ1n) is 18.5. The van der Waals surface area contributed by atoms with Crippen LogP contribution in [0.1, 0.15) is 96.6 Å². The Bertz CT molecular complexity index is 1490. The van der Waals surface area contributed by atoms with E-state index in [0.717, 1.165) is 44.1 Å². The van der Waals surface area contributed by atoms with E-state index in [1.807, 2.05) is 18.2 Å². The number of hydroxylamine groups is 2. The maximum atomic E-state index is 14.1. The summed E-state index contributed by atoms with van der Waals surface area (Å²) in [6.07, 6.45) is 6.65. The molecule has 5 aliphatic rings. The van der Waals surface area contributed by atoms with Crippen molar-refractivity contribution < 1.29 is 52.8 Å². The van der Waals surface area contributed by atoms with Crippen LogP contribution in [0.4, 0.5) is 0 Å². The van der Waals surface area contributed by atoms with Gasteiger partial charge in [0.05, 0.1) is 13.2 Å². The van der Waals surface area contributed by atoms with Gasteiger partial charge in [-0.15, -0.1) is 0 Å². The standard InChI is InChI=1S/C38H52N2O11/c1-5-7-9-16-37(17-10-8-6-2)49-28-26-21-38(35(45)39-18-19-41)30(33(43)47-26)40(51-31(38)29(28)50-37)22-25-13-11-12-24(20-25)14-15-27(42)48-32-34(44)46-23-36(32,3)4/h11-15,20,26,28-32,41H,5-10,16-19,21-23H2,1-4H3,(H,39,45)/t26-,28+,29+,30+,31-,32+,38+/m1/s1. The van der Waals surface area contributed by atoms with Crippen molar-refractivity contribution in [3.63, 3.8) is 0 Å². The molecule has 13 heteroatoms. The molecule has 13 nitrogen and oxygen atoms in total. The van der Waals surface area contributed by atoms with Gasteiger partial charge in [-0.1, -0.05) is 77.6 Å². The molecule has 1 aromatic rings. The molecule has 280 valence electrons. The van der Waals surface area contributed by atoms with E-state index in [4.69, 9.17) is 28.5 Å². The molecule has 51 heavy (non-hydrogen) atoms. The zero-order chi connectivity index (χ0) is 36.4. The highest BCUT2D eigenvalue weighted by Crippen LogP contribution is 2.58. The van der Waals surface area contributed by atoms with Gasteiger partial charge < -0.3 is 34.1 Å². The molecule has 0 aromatic heterocycles. The number of amides is 1. The lowest BCUT2D eigenvalue weighted by molar-refractivity contribution is -0.224. The van der Waals surface area contributed by atoms with Crippen LogP contribution in [0.2, 0.25) is 0 Å². The van der Waals surface area contributed by atoms with E-state index in [2.05, 4.69) is 19.2 Å². The van der Waals surface area contributed by atoms with Crippen molar-refractivity contribution in [3.8, 4) is 0 Å². The quantitative estimate of drug-likeness (QED) is 0.111. The molecule has 4 saturated heterocycles. The van der Waals surface area contributed by atoms with Gasteiger partial charge in [-0.2, -0.15) is 5.06 Å². The highest BCUT2D eigenvalue weighted by Gasteiger charge is 2.76. The molecule has 1 amide bonds. The van der Waals surface area contributed by atoms with Gasteiger partial charge in [0.25, 0.3) is 0 Å². The van der Waals surface area contributed by atoms with E-state index >= 15 is 0 Å². The van der Waals surface area contributed by atoms with Gasteiger partial charge in [-0.3, -0.25) is 14.4 Å². The molecule has 6 rings (SSSR count). The molecule has 0 spiro atoms. The molecular formula is C38H52N2O11. The lowest BCUT2D eigenvalue weighted by Gasteiger charge is -2.48. The third-order valence-corrected chi connectivity index (χ3v) is 10.8. The van der Waals surface area contributed by atoms with Gasteiger partial charge in [-0.05, 0) is 30.0 Å². The van der Waals surface area contributed by atoms with Crippen LogP contribution in [-0.2, 0) is 54.2 Å². The summed E-state index contributed by atoms with van der Waals surface area (Å²) in [5.74, 6) is -3.07. The Hall–Kier alpha value is -3.36. The van der Waals surface area contributed by atoms with Crippen LogP contribution in [0.25, 0.3) is 6.08 Å². The molecule has 1 aromatic carbocycles. The summed E-state index contributed by atoms with van der Waals surface area (Å²) >= 11 is 0. The predicted molar refractivity (Wildman–Crippen MR) is 182 cm³/mol. The number of carbonyl (C=O) groups is 4. The third kappa shape index (κ3) is 7.33. The van der Waals surface area contributed by atoms with Crippen molar-refractivity contribution in [1.82, 2.24) is 10.4 Å². The average Bonchev–Trinajstić information content (AvgIpc) is 3.74. The minimum absolute atomic E-state index is 0.0272. The number of unbranched alkanes of at least 4 members (excludes halogenated alkanes) is 4. The second-order valence-electron chi connectivity index (χ2n) is 15.2. The number of nitrogens with zero attached hydrogens (tertiary/aromatic N) is 1. The first-order valence-corrected chi connectivity index (χ1v) is 18.5. The van der Waals surface area contributed by atoms with E-state index in [-0.39, 0.29) is 32.7 Å². The number of hydrogen-bond donors (Lipinski definition) is 2. The van der Waals surface area contributed by atoms with E-state index in [9.17, 15) is 24.3 Å². The molecule has 0 unspecified atom stereocenters. The number of cyclic esters (lactones) is 1. The third-order valence-electron chi connectivity index (χ3n) is 10.8. The zero-order valence-electron chi connectivity index (χ0n) is 30.1. The SMILES string of the molecule is CCCCCC1(CCCCC)O[C@@H]2[C@H](O1)[C@H]1ON(Cc3cccc(C=CC(=O)O[C@H]4C(=O)OCC4(C)C)c3)[C@H]3C(=O)O[C@@H]2C[C@@]13C(=O)NCCO. The first kappa shape index (κ1) is 37.4. The molecule has 4 aliphatic heterocycles. The van der Waals surface area contributed by atoms with Gasteiger partial charge in [-0.25, -0.2) is 9.59 Å². The maximum Gasteiger partial charge on any atom is 0.348 e. The number of hydrogen-bond acceptors (Lipinski definition) is 12. The fourth-order valence-electron chi connectivity index (χ4n) is 8.26. The second-order valence-corrected chi connectivity index (χ2v) is 15.2. The molecule has 7 atom stereocenters. The normalized spacial score (nSPS) is 31.7. The lowest BCUT2D eigenvalue weighted by atomic mass is 9.62. The number of aliphatic hydroxyl groups excluding tert-OH is 1. The number of ether oxygens (including phenoxy) is 5. The zero-order valence-corrected chi connectivity index (χ0v) is 30.1. The Morgan fingerprint density at radius 3 is 2.43 bits per heavy atom. The highest BCUT2D eigenvalue weighted by atomic mass is 16.8. The minimum Gasteiger partial charge on any atom is -0.462 e. The maximum absolute atomic E-state index is 14.1. The number of benzene rings is 1. The number of nitrogens with one attached hydrogen (secondary N) is 1. The van der Waals surface area contributed by atoms with Crippen LogP contribution >= 0.6 is 0 Å². The largest absolute Gasteiger partial charge is 0.462 e. The van der Waals surface area contributed by atoms with Crippen LogP contribution in [0, 0.1) is 10.8 Å². The van der Waals surface area contributed by atoms with E-state index in [0.29, 0.717) is 18.4 Å². The molecule has 1 aliphatic carbocycles. The average molecular weight is 713 g/mol. The van der Waals surface area contributed by atoms with Crippen molar-refractivity contribution in [3.05, 3.63) is 41.5 Å². The molecule has 0 radical (unpaired) electrons. The molecule has 5 fully saturated rings. The summed E-state index contributed by atoms with van der Waals surface area (Å²) in [6, 6.07) is 6.24. The van der Waals surface area contributed by atoms with Crippen molar-refractivity contribution in [1.29, 1.82) is 0 Å². The fourth-order valence-corrected chi connectivity index (χ4v) is 8.26. The van der Waals surface area contributed by atoms with Crippen LogP contribution < -0.4 is 5.32 Å². The van der Waals surface area contributed by atoms with E-state index < -0.39 is 77.0 Å². The molecule has 4 heterocycles. The van der Waals surface area contributed by atoms with Gasteiger partial charge in [0.15, 0.2) is 11.8 Å². The van der Waals surface area contributed by atoms with Gasteiger partial charge in [0.1, 0.15) is 36.4 Å². The number of fused-ring (bicyclic) bond motifs is 4. The summed E-state index contributed by atoms with van der Waals surface area (Å²) in [4.78, 5) is 59.4. The van der Waals surface area contributed by atoms with Crippen LogP contribution in [0.3, 0.4) is 0 Å². The highest BCUT2D eigenvalue weighted by molar-refractivity contribution is 5.93. The van der Waals surface area contributed by atoms with Crippen molar-refractivity contribution >= 4 is 29.9 Å². The number of aliphatic hydroxyl groups is 1. The lowest BCUT2D eigenvalue weighted by Crippen LogP contribution is -2.69. The summed E-state index contributed by atoms with van der Waals surface area (Å²) in [7, 11) is 0. The molecular weight excluding hydrogens is 660 g/mol. The van der Waals surface area contributed by atoms with Gasteiger partial charge in [0, 0.05) is 37.3 Å². The van der Waals surface area contributed by atoms with E-state index in [1.54, 1.807) is 26.0 Å². The van der Waals surface area contributed by atoms with Crippen molar-refractivity contribution in [2.75, 3.05) is 19.8 Å². The van der Waals surface area contributed by atoms with Crippen molar-refractivity contribution in [2.45, 2.75) is 134 Å². The first-order chi connectivity index (χ1) is 24.5. The monoisotopic (exact) mass is 712 g/mol. The summed E-state index contributed by atoms with van der Waals surface area (Å²) < 4.78 is 30.2. The second kappa shape index (κ2) is 15.3. The molecule has 2 N–H and O–H groups in total. The number of esters is 3. The number of carbonyl (C=O) groups excluding carboxylic acids is 4. The Labute approximate surface area is 299 Å². The summed E-state index contributed by atoms with van der Waals surface area (Å²) in [5.41, 5.74) is -0.535. The van der Waals surface area contributed by atoms with E-state index in [1.165, 1.54) is 11.1 Å². The van der Waals surface area contributed by atoms with Gasteiger partial charge >= 0.3 is 17.9 Å². The summed E-state index contributed by atoms with van der Waals surface area (Å²) in [6.45, 7) is 7.96. The Balaban J connectivity index is 1.25. The van der Waals surface area contributed by atoms with Crippen molar-refractivity contribution in [2.24, 2.45) is 10.8 Å². The summed E-state index contributed by atoms with van der Waals surface area (Å²) in [5, 5.41) is 13.9.